The molecule has 0 atom stereocenters. The lowest BCUT2D eigenvalue weighted by Crippen LogP contribution is -2.32. The Balaban J connectivity index is 1.34. The van der Waals surface area contributed by atoms with Gasteiger partial charge in [0, 0.05) is 23.4 Å². The number of ketones is 1. The Morgan fingerprint density at radius 2 is 1.74 bits per heavy atom. The molecule has 172 valence electrons. The Labute approximate surface area is 197 Å². The second-order valence-corrected chi connectivity index (χ2v) is 8.49. The predicted octanol–water partition coefficient (Wildman–Crippen LogP) is 5.67. The van der Waals surface area contributed by atoms with E-state index in [0.29, 0.717) is 34.0 Å². The summed E-state index contributed by atoms with van der Waals surface area (Å²) in [5, 5.41) is 7.16. The molecule has 5 rings (SSSR count). The maximum atomic E-state index is 13.3. The number of benzene rings is 2. The van der Waals surface area contributed by atoms with E-state index in [9.17, 15) is 9.59 Å². The van der Waals surface area contributed by atoms with Crippen molar-refractivity contribution >= 4 is 11.7 Å². The van der Waals surface area contributed by atoms with Gasteiger partial charge in [-0.3, -0.25) is 9.59 Å². The molecule has 1 aliphatic rings. The van der Waals surface area contributed by atoms with E-state index in [-0.39, 0.29) is 17.7 Å². The number of para-hydroxylation sites is 1. The van der Waals surface area contributed by atoms with Crippen LogP contribution < -0.4 is 10.1 Å². The van der Waals surface area contributed by atoms with E-state index in [4.69, 9.17) is 9.26 Å². The van der Waals surface area contributed by atoms with E-state index in [1.54, 1.807) is 19.2 Å². The van der Waals surface area contributed by atoms with Crippen LogP contribution in [0.15, 0.2) is 71.4 Å². The van der Waals surface area contributed by atoms with Crippen LogP contribution in [-0.2, 0) is 0 Å². The molecule has 1 saturated carbocycles. The van der Waals surface area contributed by atoms with E-state index in [0.717, 1.165) is 37.0 Å². The van der Waals surface area contributed by atoms with Gasteiger partial charge >= 0.3 is 0 Å². The minimum Gasteiger partial charge on any atom is -0.457 e. The van der Waals surface area contributed by atoms with Gasteiger partial charge in [0.15, 0.2) is 5.78 Å². The molecule has 0 radical (unpaired) electrons. The Bertz CT molecular complexity index is 1300. The molecule has 7 nitrogen and oxygen atoms in total. The third-order valence-electron chi connectivity index (χ3n) is 6.08. The highest BCUT2D eigenvalue weighted by Gasteiger charge is 2.25. The van der Waals surface area contributed by atoms with E-state index < -0.39 is 0 Å². The third kappa shape index (κ3) is 4.50. The molecule has 0 bridgehead atoms. The fourth-order valence-electron chi connectivity index (χ4n) is 4.28. The Hall–Kier alpha value is -4.13. The fraction of sp³-hybridized carbons (Fsp3) is 0.222. The lowest BCUT2D eigenvalue weighted by molar-refractivity contribution is 0.0933. The van der Waals surface area contributed by atoms with E-state index in [1.165, 1.54) is 0 Å². The van der Waals surface area contributed by atoms with Gasteiger partial charge < -0.3 is 19.6 Å². The van der Waals surface area contributed by atoms with E-state index in [1.807, 2.05) is 54.6 Å². The average molecular weight is 456 g/mol. The van der Waals surface area contributed by atoms with Crippen molar-refractivity contribution in [2.45, 2.75) is 38.6 Å². The summed E-state index contributed by atoms with van der Waals surface area (Å²) >= 11 is 0. The number of aromatic amines is 1. The van der Waals surface area contributed by atoms with Crippen molar-refractivity contribution in [1.82, 2.24) is 15.5 Å². The molecule has 1 fully saturated rings. The van der Waals surface area contributed by atoms with Crippen molar-refractivity contribution in [3.8, 4) is 22.8 Å². The van der Waals surface area contributed by atoms with Gasteiger partial charge in [0.05, 0.1) is 5.56 Å². The van der Waals surface area contributed by atoms with Crippen LogP contribution in [0.1, 0.15) is 57.9 Å². The van der Waals surface area contributed by atoms with Crippen molar-refractivity contribution in [3.63, 3.8) is 0 Å². The van der Waals surface area contributed by atoms with Gasteiger partial charge in [0.2, 0.25) is 0 Å². The highest BCUT2D eigenvalue weighted by atomic mass is 16.5. The Morgan fingerprint density at radius 3 is 2.47 bits per heavy atom. The summed E-state index contributed by atoms with van der Waals surface area (Å²) in [4.78, 5) is 28.8. The number of aryl methyl sites for hydroxylation is 1. The minimum absolute atomic E-state index is 0.192. The van der Waals surface area contributed by atoms with Crippen LogP contribution in [0.5, 0.6) is 11.5 Å². The van der Waals surface area contributed by atoms with Crippen molar-refractivity contribution in [2.24, 2.45) is 0 Å². The molecule has 2 aromatic carbocycles. The number of ether oxygens (including phenoxy) is 1. The summed E-state index contributed by atoms with van der Waals surface area (Å²) in [6, 6.07) is 18.6. The van der Waals surface area contributed by atoms with Gasteiger partial charge in [-0.2, -0.15) is 0 Å². The monoisotopic (exact) mass is 455 g/mol. The van der Waals surface area contributed by atoms with Crippen molar-refractivity contribution in [2.75, 3.05) is 0 Å². The Morgan fingerprint density at radius 1 is 1.03 bits per heavy atom. The maximum Gasteiger partial charge on any atom is 0.267 e. The topological polar surface area (TPSA) is 97.2 Å². The quantitative estimate of drug-likeness (QED) is 0.350. The standard InChI is InChI=1S/C27H25N3O4/c1-17-24(26(31)19-15-23(28-16-19)27(32)29-20-7-5-6-8-20)25(30-34-17)18-11-13-22(14-12-18)33-21-9-3-2-4-10-21/h2-4,9-16,20,28H,5-8H2,1H3,(H,29,32). The summed E-state index contributed by atoms with van der Waals surface area (Å²) in [5.74, 6) is 1.38. The molecule has 0 aliphatic heterocycles. The zero-order valence-corrected chi connectivity index (χ0v) is 18.8. The molecule has 1 amide bonds. The van der Waals surface area contributed by atoms with Crippen molar-refractivity contribution in [1.29, 1.82) is 0 Å². The number of nitrogens with zero attached hydrogens (tertiary/aromatic N) is 1. The Kier molecular flexibility index (Phi) is 5.99. The molecular weight excluding hydrogens is 430 g/mol. The molecule has 4 aromatic rings. The smallest absolute Gasteiger partial charge is 0.267 e. The summed E-state index contributed by atoms with van der Waals surface area (Å²) in [5.41, 5.74) is 2.31. The summed E-state index contributed by atoms with van der Waals surface area (Å²) in [6.45, 7) is 1.71. The highest BCUT2D eigenvalue weighted by molar-refractivity contribution is 6.13. The first-order chi connectivity index (χ1) is 16.6. The van der Waals surface area contributed by atoms with Gasteiger partial charge in [-0.05, 0) is 62.2 Å². The first kappa shape index (κ1) is 21.7. The number of nitrogens with one attached hydrogen (secondary N) is 2. The van der Waals surface area contributed by atoms with Crippen molar-refractivity contribution < 1.29 is 18.8 Å². The minimum atomic E-state index is -0.255. The molecule has 0 unspecified atom stereocenters. The summed E-state index contributed by atoms with van der Waals surface area (Å²) in [7, 11) is 0. The zero-order chi connectivity index (χ0) is 23.5. The SMILES string of the molecule is Cc1onc(-c2ccc(Oc3ccccc3)cc2)c1C(=O)c1c[nH]c(C(=O)NC2CCCC2)c1. The third-order valence-corrected chi connectivity index (χ3v) is 6.08. The van der Waals surface area contributed by atoms with Crippen LogP contribution in [-0.4, -0.2) is 27.9 Å². The molecule has 2 N–H and O–H groups in total. The number of hydrogen-bond acceptors (Lipinski definition) is 5. The normalized spacial score (nSPS) is 13.7. The molecule has 1 aliphatic carbocycles. The molecule has 0 spiro atoms. The lowest BCUT2D eigenvalue weighted by atomic mass is 9.99. The van der Waals surface area contributed by atoms with Gasteiger partial charge in [-0.15, -0.1) is 0 Å². The molecule has 2 heterocycles. The number of H-pyrrole nitrogens is 1. The molecular formula is C27H25N3O4. The number of carbonyl (C=O) groups is 2. The van der Waals surface area contributed by atoms with Gasteiger partial charge in [0.1, 0.15) is 28.6 Å². The van der Waals surface area contributed by atoms with Gasteiger partial charge in [-0.25, -0.2) is 0 Å². The first-order valence-corrected chi connectivity index (χ1v) is 11.4. The van der Waals surface area contributed by atoms with Crippen LogP contribution in [0.3, 0.4) is 0 Å². The van der Waals surface area contributed by atoms with Crippen LogP contribution in [0.4, 0.5) is 0 Å². The van der Waals surface area contributed by atoms with Crippen LogP contribution >= 0.6 is 0 Å². The summed E-state index contributed by atoms with van der Waals surface area (Å²) < 4.78 is 11.2. The summed E-state index contributed by atoms with van der Waals surface area (Å²) in [6.07, 6.45) is 5.81. The molecule has 7 heteroatoms. The molecule has 2 aromatic heterocycles. The van der Waals surface area contributed by atoms with Crippen molar-refractivity contribution in [3.05, 3.63) is 89.4 Å². The van der Waals surface area contributed by atoms with E-state index in [2.05, 4.69) is 15.5 Å². The fourth-order valence-corrected chi connectivity index (χ4v) is 4.28. The second kappa shape index (κ2) is 9.39. The zero-order valence-electron chi connectivity index (χ0n) is 18.8. The number of amides is 1. The predicted molar refractivity (Wildman–Crippen MR) is 127 cm³/mol. The second-order valence-electron chi connectivity index (χ2n) is 8.49. The van der Waals surface area contributed by atoms with E-state index >= 15 is 0 Å². The van der Waals surface area contributed by atoms with Gasteiger partial charge in [-0.1, -0.05) is 36.2 Å². The first-order valence-electron chi connectivity index (χ1n) is 11.4. The average Bonchev–Trinajstić information content (AvgIpc) is 3.61. The van der Waals surface area contributed by atoms with Crippen LogP contribution in [0.2, 0.25) is 0 Å². The number of rotatable bonds is 7. The number of hydrogen-bond donors (Lipinski definition) is 2. The van der Waals surface area contributed by atoms with Gasteiger partial charge in [0.25, 0.3) is 5.91 Å². The highest BCUT2D eigenvalue weighted by Crippen LogP contribution is 2.30. The largest absolute Gasteiger partial charge is 0.457 e. The maximum absolute atomic E-state index is 13.3. The molecule has 0 saturated heterocycles. The molecule has 34 heavy (non-hydrogen) atoms. The number of aromatic nitrogens is 2. The van der Waals surface area contributed by atoms with Crippen LogP contribution in [0, 0.1) is 6.92 Å². The lowest BCUT2D eigenvalue weighted by Gasteiger charge is -2.10. The number of carbonyl (C=O) groups excluding carboxylic acids is 2. The van der Waals surface area contributed by atoms with Crippen LogP contribution in [0.25, 0.3) is 11.3 Å².